The second kappa shape index (κ2) is 7.65. The van der Waals surface area contributed by atoms with E-state index in [-0.39, 0.29) is 11.5 Å². The molecular formula is C17H16N4O2S. The molecule has 0 saturated heterocycles. The number of carbonyl (C=O) groups excluding carboxylic acids is 1. The fourth-order valence-electron chi connectivity index (χ4n) is 2.18. The van der Waals surface area contributed by atoms with Gasteiger partial charge in [-0.1, -0.05) is 12.1 Å². The van der Waals surface area contributed by atoms with Gasteiger partial charge in [-0.05, 0) is 23.9 Å². The number of nitrogens with one attached hydrogen (secondary N) is 1. The summed E-state index contributed by atoms with van der Waals surface area (Å²) in [6.07, 6.45) is 5.46. The molecule has 3 aromatic heterocycles. The number of thiophene rings is 1. The third-order valence-corrected chi connectivity index (χ3v) is 4.28. The van der Waals surface area contributed by atoms with E-state index < -0.39 is 0 Å². The Morgan fingerprint density at radius 1 is 1.17 bits per heavy atom. The zero-order chi connectivity index (χ0) is 16.8. The minimum absolute atomic E-state index is 0.0404. The zero-order valence-corrected chi connectivity index (χ0v) is 13.7. The van der Waals surface area contributed by atoms with Crippen LogP contribution in [0.1, 0.15) is 16.8 Å². The van der Waals surface area contributed by atoms with E-state index in [9.17, 15) is 9.59 Å². The quantitative estimate of drug-likeness (QED) is 0.698. The minimum atomic E-state index is -0.215. The monoisotopic (exact) mass is 340 g/mol. The summed E-state index contributed by atoms with van der Waals surface area (Å²) in [6, 6.07) is 8.91. The first-order valence-electron chi connectivity index (χ1n) is 7.53. The molecule has 0 fully saturated rings. The number of hydrogen-bond acceptors (Lipinski definition) is 5. The summed E-state index contributed by atoms with van der Waals surface area (Å²) in [5.74, 6) is 0.401. The molecule has 3 heterocycles. The Hall–Kier alpha value is -2.80. The molecule has 0 aromatic carbocycles. The van der Waals surface area contributed by atoms with Crippen molar-refractivity contribution in [2.75, 3.05) is 6.54 Å². The third kappa shape index (κ3) is 3.94. The predicted octanol–water partition coefficient (Wildman–Crippen LogP) is 2.19. The molecule has 0 aliphatic rings. The smallest absolute Gasteiger partial charge is 0.254 e. The SMILES string of the molecule is O=C(NCCCn1ccccc1=O)c1cnc(-c2cccs2)nc1. The summed E-state index contributed by atoms with van der Waals surface area (Å²) >= 11 is 1.55. The highest BCUT2D eigenvalue weighted by Gasteiger charge is 2.08. The predicted molar refractivity (Wildman–Crippen MR) is 93.0 cm³/mol. The molecule has 0 spiro atoms. The van der Waals surface area contributed by atoms with Crippen LogP contribution >= 0.6 is 11.3 Å². The van der Waals surface area contributed by atoms with Crippen LogP contribution in [-0.4, -0.2) is 27.0 Å². The molecule has 1 amide bonds. The van der Waals surface area contributed by atoms with E-state index in [2.05, 4.69) is 15.3 Å². The molecule has 3 rings (SSSR count). The first-order chi connectivity index (χ1) is 11.7. The van der Waals surface area contributed by atoms with Crippen molar-refractivity contribution in [2.24, 2.45) is 0 Å². The molecule has 0 unspecified atom stereocenters. The van der Waals surface area contributed by atoms with E-state index in [1.54, 1.807) is 28.2 Å². The van der Waals surface area contributed by atoms with Crippen molar-refractivity contribution < 1.29 is 4.79 Å². The van der Waals surface area contributed by atoms with E-state index in [0.717, 1.165) is 4.88 Å². The molecule has 122 valence electrons. The first-order valence-corrected chi connectivity index (χ1v) is 8.41. The van der Waals surface area contributed by atoms with Crippen molar-refractivity contribution in [3.05, 3.63) is 70.2 Å². The molecule has 1 N–H and O–H groups in total. The minimum Gasteiger partial charge on any atom is -0.352 e. The maximum atomic E-state index is 12.1. The molecule has 0 radical (unpaired) electrons. The Morgan fingerprint density at radius 3 is 2.71 bits per heavy atom. The van der Waals surface area contributed by atoms with Crippen LogP contribution in [-0.2, 0) is 6.54 Å². The van der Waals surface area contributed by atoms with Gasteiger partial charge in [0.25, 0.3) is 5.91 Å². The lowest BCUT2D eigenvalue weighted by atomic mass is 10.3. The molecular weight excluding hydrogens is 324 g/mol. The molecule has 0 atom stereocenters. The van der Waals surface area contributed by atoms with Crippen LogP contribution in [0.2, 0.25) is 0 Å². The van der Waals surface area contributed by atoms with Gasteiger partial charge in [-0.25, -0.2) is 9.97 Å². The van der Waals surface area contributed by atoms with E-state index >= 15 is 0 Å². The van der Waals surface area contributed by atoms with Crippen LogP contribution in [0.25, 0.3) is 10.7 Å². The number of aromatic nitrogens is 3. The van der Waals surface area contributed by atoms with Gasteiger partial charge in [-0.3, -0.25) is 9.59 Å². The van der Waals surface area contributed by atoms with Gasteiger partial charge in [0, 0.05) is 37.7 Å². The summed E-state index contributed by atoms with van der Waals surface area (Å²) < 4.78 is 1.62. The largest absolute Gasteiger partial charge is 0.352 e. The van der Waals surface area contributed by atoms with Gasteiger partial charge in [0.15, 0.2) is 5.82 Å². The van der Waals surface area contributed by atoms with Crippen LogP contribution in [0.15, 0.2) is 59.1 Å². The van der Waals surface area contributed by atoms with Crippen LogP contribution < -0.4 is 10.9 Å². The van der Waals surface area contributed by atoms with Crippen molar-refractivity contribution >= 4 is 17.2 Å². The summed E-state index contributed by atoms with van der Waals surface area (Å²) in [5.41, 5.74) is 0.383. The third-order valence-electron chi connectivity index (χ3n) is 3.42. The topological polar surface area (TPSA) is 76.9 Å². The number of carbonyl (C=O) groups is 1. The molecule has 0 aliphatic heterocycles. The Kier molecular flexibility index (Phi) is 5.12. The summed E-state index contributed by atoms with van der Waals surface area (Å²) in [4.78, 5) is 33.0. The average molecular weight is 340 g/mol. The van der Waals surface area contributed by atoms with Crippen LogP contribution in [0, 0.1) is 0 Å². The summed E-state index contributed by atoms with van der Waals surface area (Å²) in [5, 5.41) is 4.77. The first kappa shape index (κ1) is 16.1. The van der Waals surface area contributed by atoms with Crippen molar-refractivity contribution in [1.82, 2.24) is 19.9 Å². The van der Waals surface area contributed by atoms with E-state index in [1.807, 2.05) is 23.6 Å². The van der Waals surface area contributed by atoms with Crippen molar-refractivity contribution in [3.8, 4) is 10.7 Å². The van der Waals surface area contributed by atoms with Crippen molar-refractivity contribution in [1.29, 1.82) is 0 Å². The summed E-state index contributed by atoms with van der Waals surface area (Å²) in [6.45, 7) is 1.04. The van der Waals surface area contributed by atoms with Gasteiger partial charge in [0.1, 0.15) is 0 Å². The highest BCUT2D eigenvalue weighted by molar-refractivity contribution is 7.13. The van der Waals surface area contributed by atoms with E-state index in [0.29, 0.717) is 30.9 Å². The Labute approximate surface area is 142 Å². The highest BCUT2D eigenvalue weighted by Crippen LogP contribution is 2.19. The van der Waals surface area contributed by atoms with Gasteiger partial charge in [-0.2, -0.15) is 0 Å². The normalized spacial score (nSPS) is 10.5. The lowest BCUT2D eigenvalue weighted by molar-refractivity contribution is 0.0952. The van der Waals surface area contributed by atoms with Gasteiger partial charge >= 0.3 is 0 Å². The van der Waals surface area contributed by atoms with Crippen LogP contribution in [0.5, 0.6) is 0 Å². The zero-order valence-electron chi connectivity index (χ0n) is 12.9. The fraction of sp³-hybridized carbons (Fsp3) is 0.176. The molecule has 0 aliphatic carbocycles. The molecule has 7 heteroatoms. The fourth-order valence-corrected chi connectivity index (χ4v) is 2.85. The standard InChI is InChI=1S/C17H16N4O2S/c22-15-6-1-2-8-21(15)9-4-7-18-17(23)13-11-19-16(20-12-13)14-5-3-10-24-14/h1-3,5-6,8,10-12H,4,7,9H2,(H,18,23). The maximum absolute atomic E-state index is 12.1. The average Bonchev–Trinajstić information content (AvgIpc) is 3.15. The molecule has 3 aromatic rings. The number of pyridine rings is 1. The molecule has 0 saturated carbocycles. The Balaban J connectivity index is 1.50. The Morgan fingerprint density at radius 2 is 2.00 bits per heavy atom. The van der Waals surface area contributed by atoms with Crippen molar-refractivity contribution in [3.63, 3.8) is 0 Å². The molecule has 6 nitrogen and oxygen atoms in total. The van der Waals surface area contributed by atoms with Crippen LogP contribution in [0.4, 0.5) is 0 Å². The van der Waals surface area contributed by atoms with Gasteiger partial charge in [0.05, 0.1) is 10.4 Å². The number of hydrogen-bond donors (Lipinski definition) is 1. The summed E-state index contributed by atoms with van der Waals surface area (Å²) in [7, 11) is 0. The number of amides is 1. The van der Waals surface area contributed by atoms with E-state index in [1.165, 1.54) is 18.5 Å². The second-order valence-corrected chi connectivity index (χ2v) is 6.06. The Bertz CT molecular complexity index is 857. The van der Waals surface area contributed by atoms with Gasteiger partial charge < -0.3 is 9.88 Å². The highest BCUT2D eigenvalue weighted by atomic mass is 32.1. The number of rotatable bonds is 6. The number of nitrogens with zero attached hydrogens (tertiary/aromatic N) is 3. The lowest BCUT2D eigenvalue weighted by Gasteiger charge is -2.07. The van der Waals surface area contributed by atoms with E-state index in [4.69, 9.17) is 0 Å². The maximum Gasteiger partial charge on any atom is 0.254 e. The lowest BCUT2D eigenvalue weighted by Crippen LogP contribution is -2.27. The van der Waals surface area contributed by atoms with Crippen molar-refractivity contribution in [2.45, 2.75) is 13.0 Å². The van der Waals surface area contributed by atoms with Gasteiger partial charge in [-0.15, -0.1) is 11.3 Å². The molecule has 24 heavy (non-hydrogen) atoms. The molecule has 0 bridgehead atoms. The number of aryl methyl sites for hydroxylation is 1. The van der Waals surface area contributed by atoms with Gasteiger partial charge in [0.2, 0.25) is 5.56 Å². The second-order valence-electron chi connectivity index (χ2n) is 5.11. The van der Waals surface area contributed by atoms with Crippen LogP contribution in [0.3, 0.4) is 0 Å².